The van der Waals surface area contributed by atoms with Gasteiger partial charge in [0, 0.05) is 5.69 Å². The number of aromatic carboxylic acids is 1. The van der Waals surface area contributed by atoms with E-state index in [4.69, 9.17) is 46.4 Å². The highest BCUT2D eigenvalue weighted by Crippen LogP contribution is 2.41. The van der Waals surface area contributed by atoms with Gasteiger partial charge in [0.1, 0.15) is 0 Å². The minimum atomic E-state index is -1.43. The van der Waals surface area contributed by atoms with Crippen LogP contribution in [0.3, 0.4) is 0 Å². The van der Waals surface area contributed by atoms with Gasteiger partial charge in [-0.2, -0.15) is 0 Å². The molecule has 0 heterocycles. The second kappa shape index (κ2) is 8.28. The van der Waals surface area contributed by atoms with Crippen LogP contribution in [0.4, 0.5) is 5.69 Å². The van der Waals surface area contributed by atoms with E-state index in [2.05, 4.69) is 5.32 Å². The number of carbonyl (C=O) groups excluding carboxylic acids is 1. The quantitative estimate of drug-likeness (QED) is 0.446. The lowest BCUT2D eigenvalue weighted by atomic mass is 10.0. The maximum absolute atomic E-state index is 12.7. The van der Waals surface area contributed by atoms with Crippen molar-refractivity contribution in [2.24, 2.45) is 0 Å². The standard InChI is InChI=1S/C17H13Cl4NO3/c1-2-5-8-6-3-4-7-9(8)22-16(23)10-11(17(24)25)13(19)15(21)14(20)12(10)18/h3-4,6-7H,2,5H2,1H3,(H,22,23)(H,24,25). The fourth-order valence-corrected chi connectivity index (χ4v) is 3.38. The van der Waals surface area contributed by atoms with E-state index in [1.807, 2.05) is 19.1 Å². The molecule has 0 saturated heterocycles. The van der Waals surface area contributed by atoms with E-state index in [-0.39, 0.29) is 25.7 Å². The number of amides is 1. The molecule has 0 aliphatic carbocycles. The first kappa shape index (κ1) is 19.9. The second-order valence-electron chi connectivity index (χ2n) is 5.17. The van der Waals surface area contributed by atoms with E-state index in [1.54, 1.807) is 12.1 Å². The molecule has 2 N–H and O–H groups in total. The van der Waals surface area contributed by atoms with Gasteiger partial charge in [-0.25, -0.2) is 4.79 Å². The van der Waals surface area contributed by atoms with Gasteiger partial charge in [0.05, 0.1) is 31.2 Å². The van der Waals surface area contributed by atoms with E-state index < -0.39 is 17.4 Å². The predicted molar refractivity (Wildman–Crippen MR) is 102 cm³/mol. The molecular weight excluding hydrogens is 408 g/mol. The predicted octanol–water partition coefficient (Wildman–Crippen LogP) is 6.20. The van der Waals surface area contributed by atoms with E-state index in [9.17, 15) is 14.7 Å². The maximum Gasteiger partial charge on any atom is 0.338 e. The SMILES string of the molecule is CCCc1ccccc1NC(=O)c1c(Cl)c(Cl)c(Cl)c(Cl)c1C(=O)O. The lowest BCUT2D eigenvalue weighted by Crippen LogP contribution is -2.19. The van der Waals surface area contributed by atoms with Crippen molar-refractivity contribution in [1.29, 1.82) is 0 Å². The molecule has 0 bridgehead atoms. The van der Waals surface area contributed by atoms with Gasteiger partial charge in [-0.05, 0) is 18.1 Å². The first-order valence-electron chi connectivity index (χ1n) is 7.28. The second-order valence-corrected chi connectivity index (χ2v) is 6.68. The molecule has 2 rings (SSSR count). The molecule has 2 aromatic carbocycles. The first-order valence-corrected chi connectivity index (χ1v) is 8.79. The Morgan fingerprint density at radius 2 is 1.52 bits per heavy atom. The van der Waals surface area contributed by atoms with E-state index in [0.717, 1.165) is 18.4 Å². The molecule has 1 amide bonds. The highest BCUT2D eigenvalue weighted by molar-refractivity contribution is 6.54. The lowest BCUT2D eigenvalue weighted by Gasteiger charge is -2.15. The molecule has 25 heavy (non-hydrogen) atoms. The van der Waals surface area contributed by atoms with Gasteiger partial charge in [0.15, 0.2) is 0 Å². The number of carboxylic acid groups (broad SMARTS) is 1. The average molecular weight is 421 g/mol. The molecule has 132 valence electrons. The maximum atomic E-state index is 12.7. The molecule has 8 heteroatoms. The van der Waals surface area contributed by atoms with Gasteiger partial charge >= 0.3 is 5.97 Å². The molecule has 0 unspecified atom stereocenters. The van der Waals surface area contributed by atoms with E-state index in [1.165, 1.54) is 0 Å². The lowest BCUT2D eigenvalue weighted by molar-refractivity contribution is 0.0692. The molecule has 0 aliphatic heterocycles. The van der Waals surface area contributed by atoms with Gasteiger partial charge in [-0.15, -0.1) is 0 Å². The minimum absolute atomic E-state index is 0.176. The Bertz CT molecular complexity index is 852. The zero-order chi connectivity index (χ0) is 18.7. The number of aryl methyl sites for hydroxylation is 1. The molecule has 0 fully saturated rings. The van der Waals surface area contributed by atoms with Crippen LogP contribution in [-0.4, -0.2) is 17.0 Å². The Labute approximate surface area is 164 Å². The van der Waals surface area contributed by atoms with Crippen LogP contribution in [0.2, 0.25) is 20.1 Å². The summed E-state index contributed by atoms with van der Waals surface area (Å²) >= 11 is 23.9. The number of nitrogens with one attached hydrogen (secondary N) is 1. The Kier molecular flexibility index (Phi) is 6.58. The number of carbonyl (C=O) groups is 2. The van der Waals surface area contributed by atoms with Crippen molar-refractivity contribution in [2.75, 3.05) is 5.32 Å². The zero-order valence-corrected chi connectivity index (χ0v) is 16.0. The van der Waals surface area contributed by atoms with Crippen LogP contribution in [-0.2, 0) is 6.42 Å². The van der Waals surface area contributed by atoms with Gasteiger partial charge in [-0.1, -0.05) is 77.9 Å². The van der Waals surface area contributed by atoms with Crippen molar-refractivity contribution in [3.63, 3.8) is 0 Å². The molecule has 0 spiro atoms. The molecule has 2 aromatic rings. The number of anilines is 1. The monoisotopic (exact) mass is 419 g/mol. The Balaban J connectivity index is 2.56. The van der Waals surface area contributed by atoms with Gasteiger partial charge in [0.25, 0.3) is 5.91 Å². The number of hydrogen-bond donors (Lipinski definition) is 2. The molecule has 0 aromatic heterocycles. The summed E-state index contributed by atoms with van der Waals surface area (Å²) in [6, 6.07) is 7.21. The number of rotatable bonds is 5. The fourth-order valence-electron chi connectivity index (χ4n) is 2.36. The van der Waals surface area contributed by atoms with Crippen LogP contribution in [0.1, 0.15) is 39.6 Å². The Hall–Kier alpha value is -1.46. The summed E-state index contributed by atoms with van der Waals surface area (Å²) in [5.41, 5.74) is 0.646. The third kappa shape index (κ3) is 4.04. The normalized spacial score (nSPS) is 10.6. The number of hydrogen-bond acceptors (Lipinski definition) is 2. The summed E-state index contributed by atoms with van der Waals surface area (Å²) in [5.74, 6) is -2.16. The van der Waals surface area contributed by atoms with Gasteiger partial charge in [0.2, 0.25) is 0 Å². The summed E-state index contributed by atoms with van der Waals surface area (Å²) in [6.07, 6.45) is 1.63. The summed E-state index contributed by atoms with van der Waals surface area (Å²) in [7, 11) is 0. The minimum Gasteiger partial charge on any atom is -0.478 e. The third-order valence-corrected chi connectivity index (χ3v) is 5.29. The van der Waals surface area contributed by atoms with Crippen molar-refractivity contribution in [2.45, 2.75) is 19.8 Å². The number of para-hydroxylation sites is 1. The molecule has 0 radical (unpaired) electrons. The fraction of sp³-hybridized carbons (Fsp3) is 0.176. The van der Waals surface area contributed by atoms with Crippen molar-refractivity contribution < 1.29 is 14.7 Å². The highest BCUT2D eigenvalue weighted by atomic mass is 35.5. The van der Waals surface area contributed by atoms with E-state index >= 15 is 0 Å². The Morgan fingerprint density at radius 1 is 0.960 bits per heavy atom. The van der Waals surface area contributed by atoms with Gasteiger partial charge in [-0.3, -0.25) is 4.79 Å². The summed E-state index contributed by atoms with van der Waals surface area (Å²) in [6.45, 7) is 2.01. The van der Waals surface area contributed by atoms with Crippen molar-refractivity contribution >= 4 is 64.0 Å². The molecular formula is C17H13Cl4NO3. The largest absolute Gasteiger partial charge is 0.478 e. The van der Waals surface area contributed by atoms with Crippen LogP contribution >= 0.6 is 46.4 Å². The third-order valence-electron chi connectivity index (χ3n) is 3.49. The molecule has 0 atom stereocenters. The van der Waals surface area contributed by atoms with Crippen LogP contribution in [0.15, 0.2) is 24.3 Å². The topological polar surface area (TPSA) is 66.4 Å². The van der Waals surface area contributed by atoms with Gasteiger partial charge < -0.3 is 10.4 Å². The number of halogens is 4. The van der Waals surface area contributed by atoms with Crippen LogP contribution in [0.25, 0.3) is 0 Å². The van der Waals surface area contributed by atoms with Crippen LogP contribution < -0.4 is 5.32 Å². The molecule has 4 nitrogen and oxygen atoms in total. The van der Waals surface area contributed by atoms with Crippen LogP contribution in [0, 0.1) is 0 Å². The molecule has 0 aliphatic rings. The summed E-state index contributed by atoms with van der Waals surface area (Å²) < 4.78 is 0. The smallest absolute Gasteiger partial charge is 0.338 e. The number of carboxylic acids is 1. The summed E-state index contributed by atoms with van der Waals surface area (Å²) in [4.78, 5) is 24.3. The average Bonchev–Trinajstić information content (AvgIpc) is 2.57. The number of benzene rings is 2. The summed E-state index contributed by atoms with van der Waals surface area (Å²) in [5, 5.41) is 11.1. The van der Waals surface area contributed by atoms with E-state index in [0.29, 0.717) is 5.69 Å². The highest BCUT2D eigenvalue weighted by Gasteiger charge is 2.29. The van der Waals surface area contributed by atoms with Crippen LogP contribution in [0.5, 0.6) is 0 Å². The van der Waals surface area contributed by atoms with Crippen molar-refractivity contribution in [3.05, 3.63) is 61.0 Å². The molecule has 0 saturated carbocycles. The Morgan fingerprint density at radius 3 is 2.08 bits per heavy atom. The zero-order valence-electron chi connectivity index (χ0n) is 13.0. The van der Waals surface area contributed by atoms with Crippen molar-refractivity contribution in [1.82, 2.24) is 0 Å². The first-order chi connectivity index (χ1) is 11.8. The van der Waals surface area contributed by atoms with Crippen molar-refractivity contribution in [3.8, 4) is 0 Å².